The highest BCUT2D eigenvalue weighted by Crippen LogP contribution is 2.49. The molecule has 18 heavy (non-hydrogen) atoms. The fraction of sp³-hybridized carbons (Fsp3) is 0.933. The van der Waals surface area contributed by atoms with Crippen molar-refractivity contribution in [3.05, 3.63) is 0 Å². The van der Waals surface area contributed by atoms with Crippen molar-refractivity contribution in [3.8, 4) is 0 Å². The summed E-state index contributed by atoms with van der Waals surface area (Å²) in [5.41, 5.74) is 0.697. The number of carbonyl (C=O) groups is 1. The van der Waals surface area contributed by atoms with E-state index >= 15 is 0 Å². The summed E-state index contributed by atoms with van der Waals surface area (Å²) in [7, 11) is 0. The Morgan fingerprint density at radius 2 is 1.72 bits per heavy atom. The van der Waals surface area contributed by atoms with Gasteiger partial charge in [-0.15, -0.1) is 0 Å². The minimum absolute atomic E-state index is 0.104. The van der Waals surface area contributed by atoms with Crippen molar-refractivity contribution in [3.63, 3.8) is 0 Å². The molecule has 3 rings (SSSR count). The lowest BCUT2D eigenvalue weighted by atomic mass is 9.71. The summed E-state index contributed by atoms with van der Waals surface area (Å²) in [5.74, 6) is -0.701. The van der Waals surface area contributed by atoms with E-state index in [-0.39, 0.29) is 5.92 Å². The average Bonchev–Trinajstić information content (AvgIpc) is 3.00. The van der Waals surface area contributed by atoms with E-state index in [0.717, 1.165) is 19.5 Å². The van der Waals surface area contributed by atoms with Gasteiger partial charge in [0.25, 0.3) is 0 Å². The maximum Gasteiger partial charge on any atom is 0.307 e. The molecule has 1 N–H and O–H groups in total. The van der Waals surface area contributed by atoms with E-state index in [1.54, 1.807) is 0 Å². The Morgan fingerprint density at radius 1 is 1.06 bits per heavy atom. The Morgan fingerprint density at radius 3 is 2.28 bits per heavy atom. The van der Waals surface area contributed by atoms with Crippen molar-refractivity contribution in [2.24, 2.45) is 11.3 Å². The predicted octanol–water partition coefficient (Wildman–Crippen LogP) is 2.90. The summed E-state index contributed by atoms with van der Waals surface area (Å²) < 4.78 is 0. The summed E-state index contributed by atoms with van der Waals surface area (Å²) in [6.45, 7) is 1.81. The van der Waals surface area contributed by atoms with Crippen LogP contribution in [0.1, 0.15) is 57.8 Å². The lowest BCUT2D eigenvalue weighted by Crippen LogP contribution is -2.39. The highest BCUT2D eigenvalue weighted by atomic mass is 16.4. The molecule has 1 atom stereocenters. The van der Waals surface area contributed by atoms with E-state index in [2.05, 4.69) is 4.90 Å². The van der Waals surface area contributed by atoms with Crippen LogP contribution in [0.3, 0.4) is 0 Å². The first-order valence-electron chi connectivity index (χ1n) is 7.65. The standard InChI is InChI=1S/C15H25NO2/c17-14(18)12-5-10-16(11-12)13-3-8-15(9-4-13)6-1-2-7-15/h12-13H,1-11H2,(H,17,18). The van der Waals surface area contributed by atoms with Gasteiger partial charge in [0.15, 0.2) is 0 Å². The molecule has 0 aromatic heterocycles. The van der Waals surface area contributed by atoms with Crippen molar-refractivity contribution in [2.45, 2.75) is 63.8 Å². The van der Waals surface area contributed by atoms with E-state index in [9.17, 15) is 4.79 Å². The molecule has 1 saturated heterocycles. The minimum atomic E-state index is -0.597. The molecule has 0 aromatic carbocycles. The Kier molecular flexibility index (Phi) is 3.35. The molecular weight excluding hydrogens is 226 g/mol. The molecule has 1 spiro atoms. The largest absolute Gasteiger partial charge is 0.481 e. The van der Waals surface area contributed by atoms with E-state index in [1.165, 1.54) is 51.4 Å². The summed E-state index contributed by atoms with van der Waals surface area (Å²) in [6.07, 6.45) is 12.1. The number of carboxylic acids is 1. The molecule has 2 aliphatic carbocycles. The molecule has 3 heteroatoms. The zero-order valence-corrected chi connectivity index (χ0v) is 11.2. The summed E-state index contributed by atoms with van der Waals surface area (Å²) in [5, 5.41) is 9.07. The molecule has 3 aliphatic rings. The molecule has 1 heterocycles. The van der Waals surface area contributed by atoms with Crippen molar-refractivity contribution in [1.29, 1.82) is 0 Å². The number of nitrogens with zero attached hydrogens (tertiary/aromatic N) is 1. The fourth-order valence-electron chi connectivity index (χ4n) is 4.53. The normalized spacial score (nSPS) is 33.2. The molecule has 3 fully saturated rings. The van der Waals surface area contributed by atoms with Gasteiger partial charge in [-0.2, -0.15) is 0 Å². The van der Waals surface area contributed by atoms with Gasteiger partial charge in [-0.25, -0.2) is 0 Å². The van der Waals surface area contributed by atoms with Crippen molar-refractivity contribution in [1.82, 2.24) is 4.90 Å². The molecule has 0 amide bonds. The Bertz CT molecular complexity index is 312. The van der Waals surface area contributed by atoms with Crippen molar-refractivity contribution < 1.29 is 9.90 Å². The number of rotatable bonds is 2. The van der Waals surface area contributed by atoms with E-state index in [4.69, 9.17) is 5.11 Å². The molecule has 0 aromatic rings. The fourth-order valence-corrected chi connectivity index (χ4v) is 4.53. The number of carboxylic acid groups (broad SMARTS) is 1. The summed E-state index contributed by atoms with van der Waals surface area (Å²) in [4.78, 5) is 13.5. The molecule has 1 aliphatic heterocycles. The van der Waals surface area contributed by atoms with Crippen LogP contribution in [0.15, 0.2) is 0 Å². The van der Waals surface area contributed by atoms with E-state index in [1.807, 2.05) is 0 Å². The lowest BCUT2D eigenvalue weighted by Gasteiger charge is -2.40. The molecule has 102 valence electrons. The Labute approximate surface area is 110 Å². The quantitative estimate of drug-likeness (QED) is 0.820. The third kappa shape index (κ3) is 2.29. The molecule has 0 radical (unpaired) electrons. The van der Waals surface area contributed by atoms with Crippen LogP contribution < -0.4 is 0 Å². The smallest absolute Gasteiger partial charge is 0.307 e. The average molecular weight is 251 g/mol. The third-order valence-electron chi connectivity index (χ3n) is 5.77. The number of likely N-dealkylation sites (tertiary alicyclic amines) is 1. The second-order valence-corrected chi connectivity index (χ2v) is 6.76. The van der Waals surface area contributed by atoms with Gasteiger partial charge in [0.1, 0.15) is 0 Å². The number of aliphatic carboxylic acids is 1. The van der Waals surface area contributed by atoms with Gasteiger partial charge < -0.3 is 5.11 Å². The Hall–Kier alpha value is -0.570. The van der Waals surface area contributed by atoms with E-state index in [0.29, 0.717) is 11.5 Å². The first kappa shape index (κ1) is 12.5. The first-order chi connectivity index (χ1) is 8.69. The molecular formula is C15H25NO2. The van der Waals surface area contributed by atoms with Gasteiger partial charge in [-0.3, -0.25) is 9.69 Å². The van der Waals surface area contributed by atoms with Crippen molar-refractivity contribution in [2.75, 3.05) is 13.1 Å². The van der Waals surface area contributed by atoms with Crippen LogP contribution in [0.4, 0.5) is 0 Å². The SMILES string of the molecule is O=C(O)C1CCN(C2CCC3(CCCC3)CC2)C1. The topological polar surface area (TPSA) is 40.5 Å². The van der Waals surface area contributed by atoms with Gasteiger partial charge in [0.05, 0.1) is 5.92 Å². The first-order valence-corrected chi connectivity index (χ1v) is 7.65. The molecule has 2 saturated carbocycles. The van der Waals surface area contributed by atoms with Crippen LogP contribution >= 0.6 is 0 Å². The van der Waals surface area contributed by atoms with Crippen LogP contribution in [0.25, 0.3) is 0 Å². The Balaban J connectivity index is 1.52. The summed E-state index contributed by atoms with van der Waals surface area (Å²) in [6, 6.07) is 0.681. The van der Waals surface area contributed by atoms with Crippen LogP contribution in [0.2, 0.25) is 0 Å². The molecule has 0 bridgehead atoms. The van der Waals surface area contributed by atoms with Crippen LogP contribution in [0.5, 0.6) is 0 Å². The van der Waals surface area contributed by atoms with Crippen LogP contribution in [0, 0.1) is 11.3 Å². The zero-order valence-electron chi connectivity index (χ0n) is 11.2. The minimum Gasteiger partial charge on any atom is -0.481 e. The van der Waals surface area contributed by atoms with Crippen LogP contribution in [-0.4, -0.2) is 35.1 Å². The molecule has 1 unspecified atom stereocenters. The predicted molar refractivity (Wildman–Crippen MR) is 70.5 cm³/mol. The van der Waals surface area contributed by atoms with Crippen molar-refractivity contribution >= 4 is 5.97 Å². The van der Waals surface area contributed by atoms with Gasteiger partial charge >= 0.3 is 5.97 Å². The highest BCUT2D eigenvalue weighted by molar-refractivity contribution is 5.70. The van der Waals surface area contributed by atoms with Gasteiger partial charge in [-0.05, 0) is 56.9 Å². The van der Waals surface area contributed by atoms with Crippen LogP contribution in [-0.2, 0) is 4.79 Å². The number of hydrogen-bond donors (Lipinski definition) is 1. The second kappa shape index (κ2) is 4.84. The highest BCUT2D eigenvalue weighted by Gasteiger charge is 2.40. The maximum atomic E-state index is 11.0. The van der Waals surface area contributed by atoms with Gasteiger partial charge in [0, 0.05) is 12.6 Å². The van der Waals surface area contributed by atoms with Gasteiger partial charge in [-0.1, -0.05) is 12.8 Å². The van der Waals surface area contributed by atoms with E-state index < -0.39 is 5.97 Å². The zero-order chi connectivity index (χ0) is 12.6. The maximum absolute atomic E-state index is 11.0. The second-order valence-electron chi connectivity index (χ2n) is 6.76. The lowest BCUT2D eigenvalue weighted by molar-refractivity contribution is -0.141. The molecule has 3 nitrogen and oxygen atoms in total. The van der Waals surface area contributed by atoms with Gasteiger partial charge in [0.2, 0.25) is 0 Å². The monoisotopic (exact) mass is 251 g/mol. The number of hydrogen-bond acceptors (Lipinski definition) is 2. The third-order valence-corrected chi connectivity index (χ3v) is 5.77. The summed E-state index contributed by atoms with van der Waals surface area (Å²) >= 11 is 0.